The molecule has 0 aromatic carbocycles. The quantitative estimate of drug-likeness (QED) is 0.897. The van der Waals surface area contributed by atoms with Crippen molar-refractivity contribution in [2.45, 2.75) is 47.1 Å². The lowest BCUT2D eigenvalue weighted by molar-refractivity contribution is 0.144. The van der Waals surface area contributed by atoms with Gasteiger partial charge in [0.05, 0.1) is 6.04 Å². The molecule has 1 aliphatic heterocycles. The van der Waals surface area contributed by atoms with Crippen LogP contribution in [0.25, 0.3) is 0 Å². The van der Waals surface area contributed by atoms with Crippen LogP contribution in [0.4, 0.5) is 4.79 Å². The second-order valence-electron chi connectivity index (χ2n) is 6.39. The molecule has 20 heavy (non-hydrogen) atoms. The van der Waals surface area contributed by atoms with E-state index >= 15 is 0 Å². The summed E-state index contributed by atoms with van der Waals surface area (Å²) in [5.74, 6) is 2.94. The molecule has 0 aliphatic carbocycles. The number of hydrogen-bond donors (Lipinski definition) is 1. The number of carbonyl (C=O) groups is 1. The fraction of sp³-hybridized carbons (Fsp3) is 0.688. The summed E-state index contributed by atoms with van der Waals surface area (Å²) in [6, 6.07) is 2.02. The molecule has 1 N–H and O–H groups in total. The van der Waals surface area contributed by atoms with E-state index in [-0.39, 0.29) is 12.1 Å². The summed E-state index contributed by atoms with van der Waals surface area (Å²) in [5, 5.41) is 3.09. The number of likely N-dealkylation sites (tertiary alicyclic amines) is 1. The second-order valence-corrected chi connectivity index (χ2v) is 6.39. The van der Waals surface area contributed by atoms with Crippen LogP contribution in [0.5, 0.6) is 0 Å². The van der Waals surface area contributed by atoms with E-state index in [4.69, 9.17) is 4.42 Å². The van der Waals surface area contributed by atoms with Crippen molar-refractivity contribution in [1.82, 2.24) is 10.2 Å². The number of urea groups is 1. The van der Waals surface area contributed by atoms with Crippen LogP contribution in [0.3, 0.4) is 0 Å². The minimum absolute atomic E-state index is 0.0208. The van der Waals surface area contributed by atoms with E-state index < -0.39 is 0 Å². The van der Waals surface area contributed by atoms with Crippen LogP contribution in [0.2, 0.25) is 0 Å². The minimum Gasteiger partial charge on any atom is -0.466 e. The molecule has 2 amide bonds. The number of furan rings is 1. The van der Waals surface area contributed by atoms with Crippen LogP contribution in [-0.4, -0.2) is 24.0 Å². The summed E-state index contributed by atoms with van der Waals surface area (Å²) >= 11 is 0. The normalized spacial score (nSPS) is 24.6. The highest BCUT2D eigenvalue weighted by atomic mass is 16.3. The van der Waals surface area contributed by atoms with Gasteiger partial charge in [-0.1, -0.05) is 13.8 Å². The van der Waals surface area contributed by atoms with Gasteiger partial charge in [-0.2, -0.15) is 0 Å². The first-order valence-electron chi connectivity index (χ1n) is 7.49. The lowest BCUT2D eigenvalue weighted by Crippen LogP contribution is -2.48. The lowest BCUT2D eigenvalue weighted by atomic mass is 9.92. The molecule has 0 saturated carbocycles. The molecule has 0 spiro atoms. The van der Waals surface area contributed by atoms with E-state index in [1.807, 2.05) is 31.7 Å². The minimum atomic E-state index is -0.0208. The fourth-order valence-electron chi connectivity index (χ4n) is 3.26. The Bertz CT molecular complexity index is 471. The Balaban J connectivity index is 1.98. The largest absolute Gasteiger partial charge is 0.466 e. The van der Waals surface area contributed by atoms with E-state index in [9.17, 15) is 4.79 Å². The number of nitrogens with one attached hydrogen (secondary N) is 1. The van der Waals surface area contributed by atoms with Crippen LogP contribution in [0, 0.1) is 25.7 Å². The molecular weight excluding hydrogens is 252 g/mol. The first-order chi connectivity index (χ1) is 9.36. The van der Waals surface area contributed by atoms with Crippen LogP contribution >= 0.6 is 0 Å². The summed E-state index contributed by atoms with van der Waals surface area (Å²) in [6.07, 6.45) is 1.21. The molecule has 1 aromatic heterocycles. The van der Waals surface area contributed by atoms with E-state index in [2.05, 4.69) is 19.2 Å². The number of carbonyl (C=O) groups excluding carboxylic acids is 1. The maximum atomic E-state index is 12.4. The molecule has 0 bridgehead atoms. The number of amides is 2. The van der Waals surface area contributed by atoms with Gasteiger partial charge in [0.1, 0.15) is 11.5 Å². The van der Waals surface area contributed by atoms with Crippen LogP contribution < -0.4 is 5.32 Å². The molecule has 1 aromatic rings. The average molecular weight is 278 g/mol. The topological polar surface area (TPSA) is 45.5 Å². The molecule has 2 rings (SSSR count). The SMILES string of the molecule is Cc1cc(C(C)NC(=O)N2CC(C)CC(C)C2)c(C)o1. The third-order valence-electron chi connectivity index (χ3n) is 4.04. The van der Waals surface area contributed by atoms with E-state index in [0.717, 1.165) is 30.2 Å². The maximum absolute atomic E-state index is 12.4. The van der Waals surface area contributed by atoms with Crippen molar-refractivity contribution in [3.8, 4) is 0 Å². The standard InChI is InChI=1S/C16H26N2O2/c1-10-6-11(2)9-18(8-10)16(19)17-13(4)15-7-12(3)20-14(15)5/h7,10-11,13H,6,8-9H2,1-5H3,(H,17,19). The molecule has 3 atom stereocenters. The van der Waals surface area contributed by atoms with Gasteiger partial charge in [0, 0.05) is 18.7 Å². The molecule has 1 fully saturated rings. The van der Waals surface area contributed by atoms with Crippen molar-refractivity contribution in [1.29, 1.82) is 0 Å². The van der Waals surface area contributed by atoms with Crippen molar-refractivity contribution in [3.05, 3.63) is 23.2 Å². The van der Waals surface area contributed by atoms with Crippen LogP contribution in [0.1, 0.15) is 50.3 Å². The number of hydrogen-bond acceptors (Lipinski definition) is 2. The number of piperidine rings is 1. The highest BCUT2D eigenvalue weighted by Crippen LogP contribution is 2.23. The molecule has 2 heterocycles. The van der Waals surface area contributed by atoms with Gasteiger partial charge in [-0.15, -0.1) is 0 Å². The Hall–Kier alpha value is -1.45. The molecule has 1 aliphatic rings. The van der Waals surface area contributed by atoms with Gasteiger partial charge >= 0.3 is 6.03 Å². The van der Waals surface area contributed by atoms with Gasteiger partial charge < -0.3 is 14.6 Å². The summed E-state index contributed by atoms with van der Waals surface area (Å²) in [6.45, 7) is 12.0. The Kier molecular flexibility index (Phi) is 4.41. The summed E-state index contributed by atoms with van der Waals surface area (Å²) in [7, 11) is 0. The molecular formula is C16H26N2O2. The van der Waals surface area contributed by atoms with Crippen molar-refractivity contribution < 1.29 is 9.21 Å². The molecule has 4 heteroatoms. The van der Waals surface area contributed by atoms with Gasteiger partial charge in [0.15, 0.2) is 0 Å². The first kappa shape index (κ1) is 14.9. The highest BCUT2D eigenvalue weighted by Gasteiger charge is 2.26. The Labute approximate surface area is 121 Å². The van der Waals surface area contributed by atoms with E-state index in [1.54, 1.807) is 0 Å². The average Bonchev–Trinajstić information content (AvgIpc) is 2.67. The lowest BCUT2D eigenvalue weighted by Gasteiger charge is -2.35. The number of rotatable bonds is 2. The van der Waals surface area contributed by atoms with Gasteiger partial charge in [0.2, 0.25) is 0 Å². The first-order valence-corrected chi connectivity index (χ1v) is 7.49. The number of nitrogens with zero attached hydrogens (tertiary/aromatic N) is 1. The molecule has 0 radical (unpaired) electrons. The van der Waals surface area contributed by atoms with Gasteiger partial charge in [-0.3, -0.25) is 0 Å². The van der Waals surface area contributed by atoms with Crippen LogP contribution in [-0.2, 0) is 0 Å². The summed E-state index contributed by atoms with van der Waals surface area (Å²) in [4.78, 5) is 14.3. The van der Waals surface area contributed by atoms with Crippen molar-refractivity contribution in [2.75, 3.05) is 13.1 Å². The monoisotopic (exact) mass is 278 g/mol. The van der Waals surface area contributed by atoms with Crippen molar-refractivity contribution >= 4 is 6.03 Å². The van der Waals surface area contributed by atoms with Gasteiger partial charge in [-0.05, 0) is 45.1 Å². The predicted octanol–water partition coefficient (Wildman–Crippen LogP) is 3.64. The Morgan fingerprint density at radius 3 is 2.45 bits per heavy atom. The maximum Gasteiger partial charge on any atom is 0.317 e. The fourth-order valence-corrected chi connectivity index (χ4v) is 3.26. The zero-order chi connectivity index (χ0) is 14.9. The molecule has 4 nitrogen and oxygen atoms in total. The third kappa shape index (κ3) is 3.35. The smallest absolute Gasteiger partial charge is 0.317 e. The highest BCUT2D eigenvalue weighted by molar-refractivity contribution is 5.74. The van der Waals surface area contributed by atoms with Crippen LogP contribution in [0.15, 0.2) is 10.5 Å². The zero-order valence-corrected chi connectivity index (χ0v) is 13.2. The van der Waals surface area contributed by atoms with Crippen molar-refractivity contribution in [2.24, 2.45) is 11.8 Å². The number of aryl methyl sites for hydroxylation is 2. The summed E-state index contributed by atoms with van der Waals surface area (Å²) < 4.78 is 5.53. The predicted molar refractivity (Wildman–Crippen MR) is 79.6 cm³/mol. The van der Waals surface area contributed by atoms with Gasteiger partial charge in [-0.25, -0.2) is 4.79 Å². The zero-order valence-electron chi connectivity index (χ0n) is 13.2. The Morgan fingerprint density at radius 1 is 1.35 bits per heavy atom. The van der Waals surface area contributed by atoms with E-state index in [1.165, 1.54) is 6.42 Å². The molecule has 3 unspecified atom stereocenters. The van der Waals surface area contributed by atoms with E-state index in [0.29, 0.717) is 11.8 Å². The van der Waals surface area contributed by atoms with Crippen molar-refractivity contribution in [3.63, 3.8) is 0 Å². The molecule has 112 valence electrons. The third-order valence-corrected chi connectivity index (χ3v) is 4.04. The Morgan fingerprint density at radius 2 is 1.95 bits per heavy atom. The molecule has 1 saturated heterocycles. The van der Waals surface area contributed by atoms with Gasteiger partial charge in [0.25, 0.3) is 0 Å². The second kappa shape index (κ2) is 5.90. The summed E-state index contributed by atoms with van der Waals surface area (Å²) in [5.41, 5.74) is 1.06.